The average molecular weight is 328 g/mol. The predicted molar refractivity (Wildman–Crippen MR) is 83.2 cm³/mol. The molecule has 8 heteroatoms. The molecule has 1 aromatic rings. The van der Waals surface area contributed by atoms with Gasteiger partial charge in [-0.15, -0.1) is 0 Å². The van der Waals surface area contributed by atoms with E-state index in [1.54, 1.807) is 18.7 Å². The van der Waals surface area contributed by atoms with E-state index in [-0.39, 0.29) is 22.8 Å². The highest BCUT2D eigenvalue weighted by molar-refractivity contribution is 6.33. The van der Waals surface area contributed by atoms with Crippen molar-refractivity contribution >= 4 is 29.0 Å². The largest absolute Gasteiger partial charge is 0.388 e. The van der Waals surface area contributed by atoms with E-state index >= 15 is 0 Å². The molecule has 0 aliphatic carbocycles. The van der Waals surface area contributed by atoms with Crippen molar-refractivity contribution in [1.82, 2.24) is 4.90 Å². The number of nitrogens with one attached hydrogen (secondary N) is 1. The first-order chi connectivity index (χ1) is 10.2. The Morgan fingerprint density at radius 1 is 1.55 bits per heavy atom. The minimum atomic E-state index is -0.985. The molecule has 1 aromatic carbocycles. The highest BCUT2D eigenvalue weighted by Gasteiger charge is 2.38. The van der Waals surface area contributed by atoms with Crippen LogP contribution in [0.5, 0.6) is 0 Å². The molecule has 1 fully saturated rings. The van der Waals surface area contributed by atoms with Gasteiger partial charge >= 0.3 is 6.03 Å². The molecule has 2 amide bonds. The summed E-state index contributed by atoms with van der Waals surface area (Å²) in [5.74, 6) is 0. The van der Waals surface area contributed by atoms with Gasteiger partial charge in [-0.25, -0.2) is 4.79 Å². The van der Waals surface area contributed by atoms with Crippen LogP contribution in [0.1, 0.15) is 26.7 Å². The standard InChI is InChI=1S/C14H18ClN3O4/c1-14(2,20)12-4-3-7-17(12)13(19)16-9-5-6-11(18(21)22)10(15)8-9/h5-6,8,12,20H,3-4,7H2,1-2H3,(H,16,19). The minimum Gasteiger partial charge on any atom is -0.388 e. The van der Waals surface area contributed by atoms with Gasteiger partial charge in [0.1, 0.15) is 5.02 Å². The van der Waals surface area contributed by atoms with Crippen LogP contribution in [0.25, 0.3) is 0 Å². The zero-order chi connectivity index (χ0) is 16.5. The number of nitrogens with zero attached hydrogens (tertiary/aromatic N) is 2. The molecule has 1 heterocycles. The molecular weight excluding hydrogens is 310 g/mol. The molecule has 1 aliphatic heterocycles. The maximum atomic E-state index is 12.3. The molecule has 7 nitrogen and oxygen atoms in total. The Labute approximate surface area is 133 Å². The second-order valence-electron chi connectivity index (χ2n) is 5.86. The highest BCUT2D eigenvalue weighted by atomic mass is 35.5. The summed E-state index contributed by atoms with van der Waals surface area (Å²) in [5, 5.41) is 23.5. The van der Waals surface area contributed by atoms with Crippen LogP contribution in [-0.4, -0.2) is 39.1 Å². The third kappa shape index (κ3) is 3.48. The van der Waals surface area contributed by atoms with E-state index in [9.17, 15) is 20.0 Å². The van der Waals surface area contributed by atoms with Crippen LogP contribution >= 0.6 is 11.6 Å². The highest BCUT2D eigenvalue weighted by Crippen LogP contribution is 2.29. The Balaban J connectivity index is 2.12. The molecule has 1 unspecified atom stereocenters. The Morgan fingerprint density at radius 2 is 2.23 bits per heavy atom. The van der Waals surface area contributed by atoms with E-state index in [4.69, 9.17) is 11.6 Å². The fraction of sp³-hybridized carbons (Fsp3) is 0.500. The summed E-state index contributed by atoms with van der Waals surface area (Å²) in [5.41, 5.74) is -0.821. The van der Waals surface area contributed by atoms with Gasteiger partial charge in [0.15, 0.2) is 0 Å². The Hall–Kier alpha value is -1.86. The lowest BCUT2D eigenvalue weighted by Crippen LogP contribution is -2.49. The number of amides is 2. The summed E-state index contributed by atoms with van der Waals surface area (Å²) in [6.07, 6.45) is 1.56. The summed E-state index contributed by atoms with van der Waals surface area (Å²) in [6, 6.07) is 3.40. The van der Waals surface area contributed by atoms with Gasteiger partial charge in [0.05, 0.1) is 16.6 Å². The number of urea groups is 1. The van der Waals surface area contributed by atoms with Crippen LogP contribution in [0, 0.1) is 10.1 Å². The summed E-state index contributed by atoms with van der Waals surface area (Å²) in [4.78, 5) is 24.0. The SMILES string of the molecule is CC(C)(O)C1CCCN1C(=O)Nc1ccc([N+](=O)[O-])c(Cl)c1. The number of rotatable bonds is 3. The van der Waals surface area contributed by atoms with E-state index in [2.05, 4.69) is 5.32 Å². The molecule has 22 heavy (non-hydrogen) atoms. The number of aliphatic hydroxyl groups is 1. The van der Waals surface area contributed by atoms with E-state index in [0.29, 0.717) is 12.2 Å². The van der Waals surface area contributed by atoms with Crippen molar-refractivity contribution in [1.29, 1.82) is 0 Å². The first kappa shape index (κ1) is 16.5. The number of carbonyl (C=O) groups is 1. The molecular formula is C14H18ClN3O4. The number of likely N-dealkylation sites (tertiary alicyclic amines) is 1. The lowest BCUT2D eigenvalue weighted by Gasteiger charge is -2.33. The number of hydrogen-bond acceptors (Lipinski definition) is 4. The summed E-state index contributed by atoms with van der Waals surface area (Å²) < 4.78 is 0. The van der Waals surface area contributed by atoms with E-state index < -0.39 is 10.5 Å². The van der Waals surface area contributed by atoms with Crippen molar-refractivity contribution in [2.75, 3.05) is 11.9 Å². The van der Waals surface area contributed by atoms with Crippen molar-refractivity contribution in [2.45, 2.75) is 38.3 Å². The molecule has 1 atom stereocenters. The van der Waals surface area contributed by atoms with Gasteiger partial charge in [0, 0.05) is 18.3 Å². The molecule has 2 rings (SSSR count). The average Bonchev–Trinajstić information content (AvgIpc) is 2.87. The quantitative estimate of drug-likeness (QED) is 0.659. The maximum Gasteiger partial charge on any atom is 0.322 e. The fourth-order valence-electron chi connectivity index (χ4n) is 2.67. The van der Waals surface area contributed by atoms with E-state index in [0.717, 1.165) is 12.8 Å². The third-order valence-corrected chi connectivity index (χ3v) is 4.03. The van der Waals surface area contributed by atoms with Crippen molar-refractivity contribution in [3.8, 4) is 0 Å². The molecule has 0 spiro atoms. The van der Waals surface area contributed by atoms with Crippen molar-refractivity contribution in [3.63, 3.8) is 0 Å². The Bertz CT molecular complexity index is 600. The van der Waals surface area contributed by atoms with Gasteiger partial charge in [-0.2, -0.15) is 0 Å². The predicted octanol–water partition coefficient (Wildman–Crippen LogP) is 3.02. The molecule has 0 bridgehead atoms. The topological polar surface area (TPSA) is 95.7 Å². The number of halogens is 1. The summed E-state index contributed by atoms with van der Waals surface area (Å²) >= 11 is 5.82. The minimum absolute atomic E-state index is 0.0386. The first-order valence-electron chi connectivity index (χ1n) is 6.94. The third-order valence-electron chi connectivity index (χ3n) is 3.72. The number of anilines is 1. The normalized spacial score (nSPS) is 18.4. The molecule has 1 saturated heterocycles. The monoisotopic (exact) mass is 327 g/mol. The molecule has 0 saturated carbocycles. The molecule has 0 aromatic heterocycles. The van der Waals surface area contributed by atoms with E-state index in [1.807, 2.05) is 0 Å². The van der Waals surface area contributed by atoms with Crippen LogP contribution in [0.4, 0.5) is 16.2 Å². The van der Waals surface area contributed by atoms with E-state index in [1.165, 1.54) is 18.2 Å². The summed E-state index contributed by atoms with van der Waals surface area (Å²) in [7, 11) is 0. The van der Waals surface area contributed by atoms with Crippen molar-refractivity contribution < 1.29 is 14.8 Å². The van der Waals surface area contributed by atoms with Crippen LogP contribution in [-0.2, 0) is 0 Å². The number of hydrogen-bond donors (Lipinski definition) is 2. The van der Waals surface area contributed by atoms with Gasteiger partial charge in [-0.05, 0) is 38.8 Å². The van der Waals surface area contributed by atoms with Crippen molar-refractivity contribution in [2.24, 2.45) is 0 Å². The maximum absolute atomic E-state index is 12.3. The number of carbonyl (C=O) groups excluding carboxylic acids is 1. The van der Waals surface area contributed by atoms with Crippen LogP contribution in [0.3, 0.4) is 0 Å². The van der Waals surface area contributed by atoms with Gasteiger partial charge in [-0.3, -0.25) is 10.1 Å². The second-order valence-corrected chi connectivity index (χ2v) is 6.27. The van der Waals surface area contributed by atoms with Crippen LogP contribution in [0.2, 0.25) is 5.02 Å². The molecule has 0 radical (unpaired) electrons. The summed E-state index contributed by atoms with van der Waals surface area (Å²) in [6.45, 7) is 3.90. The fourth-order valence-corrected chi connectivity index (χ4v) is 2.92. The van der Waals surface area contributed by atoms with Gasteiger partial charge in [0.25, 0.3) is 5.69 Å². The lowest BCUT2D eigenvalue weighted by molar-refractivity contribution is -0.384. The number of benzene rings is 1. The zero-order valence-electron chi connectivity index (χ0n) is 12.4. The smallest absolute Gasteiger partial charge is 0.322 e. The van der Waals surface area contributed by atoms with Gasteiger partial charge < -0.3 is 15.3 Å². The molecule has 120 valence electrons. The zero-order valence-corrected chi connectivity index (χ0v) is 13.1. The number of nitro groups is 1. The first-order valence-corrected chi connectivity index (χ1v) is 7.32. The second kappa shape index (κ2) is 6.10. The van der Waals surface area contributed by atoms with Crippen LogP contribution in [0.15, 0.2) is 18.2 Å². The van der Waals surface area contributed by atoms with Gasteiger partial charge in [-0.1, -0.05) is 11.6 Å². The van der Waals surface area contributed by atoms with Crippen molar-refractivity contribution in [3.05, 3.63) is 33.3 Å². The van der Waals surface area contributed by atoms with Gasteiger partial charge in [0.2, 0.25) is 0 Å². The Morgan fingerprint density at radius 3 is 2.77 bits per heavy atom. The Kier molecular flexibility index (Phi) is 4.58. The number of nitro benzene ring substituents is 1. The molecule has 2 N–H and O–H groups in total. The molecule has 1 aliphatic rings. The lowest BCUT2D eigenvalue weighted by atomic mass is 9.97. The van der Waals surface area contributed by atoms with Crippen LogP contribution < -0.4 is 5.32 Å².